The van der Waals surface area contributed by atoms with E-state index in [1.165, 1.54) is 36.4 Å². The van der Waals surface area contributed by atoms with Crippen LogP contribution in [-0.2, 0) is 10.0 Å². The van der Waals surface area contributed by atoms with Crippen molar-refractivity contribution in [3.63, 3.8) is 0 Å². The SMILES string of the molecule is N#Cc1cc([N+](=O)[O-])ccc1N=Nc1ccc(O)c2cccc(NS(=O)(=O)c3cc(C(=O)[O-])cc(C(=O)[O-])c3)c12.[K+].[K+]. The molecule has 0 spiro atoms. The summed E-state index contributed by atoms with van der Waals surface area (Å²) in [6.45, 7) is 0. The summed E-state index contributed by atoms with van der Waals surface area (Å²) < 4.78 is 28.6. The Morgan fingerprint density at radius 2 is 1.50 bits per heavy atom. The molecule has 17 heteroatoms. The monoisotopic (exact) mass is 637 g/mol. The number of aromatic carboxylic acids is 2. The summed E-state index contributed by atoms with van der Waals surface area (Å²) in [5.41, 5.74) is -2.11. The fraction of sp³-hybridized carbons (Fsp3) is 0. The smallest absolute Gasteiger partial charge is 0.545 e. The number of rotatable bonds is 8. The molecule has 0 amide bonds. The van der Waals surface area contributed by atoms with E-state index >= 15 is 0 Å². The zero-order chi connectivity index (χ0) is 29.2. The van der Waals surface area contributed by atoms with Crippen LogP contribution in [-0.4, -0.2) is 30.4 Å². The summed E-state index contributed by atoms with van der Waals surface area (Å²) in [6, 6.07) is 13.9. The van der Waals surface area contributed by atoms with Gasteiger partial charge in [0.1, 0.15) is 17.5 Å². The number of nitrogens with one attached hydrogen (secondary N) is 1. The molecular weight excluding hydrogens is 625 g/mol. The number of phenolic OH excluding ortho intramolecular Hbond substituents is 1. The van der Waals surface area contributed by atoms with E-state index in [1.807, 2.05) is 0 Å². The summed E-state index contributed by atoms with van der Waals surface area (Å²) in [5, 5.41) is 61.5. The summed E-state index contributed by atoms with van der Waals surface area (Å²) >= 11 is 0. The minimum Gasteiger partial charge on any atom is -0.545 e. The predicted molar refractivity (Wildman–Crippen MR) is 134 cm³/mol. The van der Waals surface area contributed by atoms with Gasteiger partial charge < -0.3 is 24.9 Å². The number of non-ortho nitro benzene ring substituents is 1. The van der Waals surface area contributed by atoms with Gasteiger partial charge >= 0.3 is 103 Å². The molecule has 4 aromatic carbocycles. The maximum Gasteiger partial charge on any atom is 1.00 e. The number of hydrogen-bond donors (Lipinski definition) is 2. The van der Waals surface area contributed by atoms with Crippen molar-refractivity contribution in [1.29, 1.82) is 5.26 Å². The van der Waals surface area contributed by atoms with E-state index in [0.29, 0.717) is 18.2 Å². The first-order valence-electron chi connectivity index (χ1n) is 10.9. The zero-order valence-corrected chi connectivity index (χ0v) is 28.8. The molecule has 0 radical (unpaired) electrons. The normalized spacial score (nSPS) is 10.7. The summed E-state index contributed by atoms with van der Waals surface area (Å²) in [7, 11) is -4.63. The number of nitrogens with zero attached hydrogens (tertiary/aromatic N) is 4. The number of nitro benzene ring substituents is 1. The van der Waals surface area contributed by atoms with Crippen LogP contribution >= 0.6 is 0 Å². The molecule has 2 N–H and O–H groups in total. The van der Waals surface area contributed by atoms with Crippen LogP contribution < -0.4 is 118 Å². The summed E-state index contributed by atoms with van der Waals surface area (Å²) in [5.74, 6) is -3.90. The molecule has 0 heterocycles. The number of benzene rings is 4. The van der Waals surface area contributed by atoms with Gasteiger partial charge in [0.2, 0.25) is 0 Å². The third-order valence-corrected chi connectivity index (χ3v) is 6.85. The van der Waals surface area contributed by atoms with Gasteiger partial charge in [0, 0.05) is 22.9 Å². The molecule has 0 saturated carbocycles. The third kappa shape index (κ3) is 7.86. The van der Waals surface area contributed by atoms with Crippen LogP contribution in [0.5, 0.6) is 5.75 Å². The number of phenols is 1. The Morgan fingerprint density at radius 3 is 2.07 bits per heavy atom. The Morgan fingerprint density at radius 1 is 0.905 bits per heavy atom. The van der Waals surface area contributed by atoms with Crippen molar-refractivity contribution in [2.75, 3.05) is 4.72 Å². The number of fused-ring (bicyclic) bond motifs is 1. The number of carbonyl (C=O) groups excluding carboxylic acids is 2. The zero-order valence-electron chi connectivity index (χ0n) is 21.8. The molecule has 0 aliphatic carbocycles. The molecule has 0 saturated heterocycles. The molecule has 200 valence electrons. The number of carboxylic acids is 2. The van der Waals surface area contributed by atoms with Gasteiger partial charge in [-0.3, -0.25) is 14.8 Å². The molecule has 0 unspecified atom stereocenters. The minimum absolute atomic E-state index is 0. The van der Waals surface area contributed by atoms with Crippen LogP contribution in [0.2, 0.25) is 0 Å². The van der Waals surface area contributed by atoms with E-state index in [9.17, 15) is 48.7 Å². The number of azo groups is 1. The van der Waals surface area contributed by atoms with E-state index in [4.69, 9.17) is 0 Å². The van der Waals surface area contributed by atoms with E-state index in [-0.39, 0.29) is 148 Å². The van der Waals surface area contributed by atoms with Crippen molar-refractivity contribution < 1.29 is 141 Å². The Labute approximate surface area is 322 Å². The van der Waals surface area contributed by atoms with Gasteiger partial charge in [0.25, 0.3) is 15.7 Å². The second-order valence-electron chi connectivity index (χ2n) is 8.03. The van der Waals surface area contributed by atoms with Crippen molar-refractivity contribution in [2.24, 2.45) is 10.2 Å². The topological polar surface area (TPSA) is 238 Å². The first kappa shape index (κ1) is 35.6. The first-order valence-corrected chi connectivity index (χ1v) is 12.3. The van der Waals surface area contributed by atoms with Gasteiger partial charge in [-0.2, -0.15) is 5.26 Å². The largest absolute Gasteiger partial charge is 1.00 e. The average Bonchev–Trinajstić information content (AvgIpc) is 2.92. The van der Waals surface area contributed by atoms with E-state index in [0.717, 1.165) is 12.1 Å². The summed E-state index contributed by atoms with van der Waals surface area (Å²) in [4.78, 5) is 32.2. The standard InChI is InChI=1S/C25H15N5O9S.2K/c26-12-15-9-16(30(36)37)4-5-19(15)27-28-20-6-7-22(31)18-2-1-3-21(23(18)20)29-40(38,39)17-10-13(24(32)33)8-14(11-17)25(34)35;;/h1-11,29,31H,(H,32,33)(H,34,35);;/q;2*+1/p-2. The maximum absolute atomic E-state index is 13.2. The van der Waals surface area contributed by atoms with Crippen LogP contribution in [0.25, 0.3) is 10.8 Å². The molecule has 0 aliphatic heterocycles. The molecule has 42 heavy (non-hydrogen) atoms. The molecule has 14 nitrogen and oxygen atoms in total. The van der Waals surface area contributed by atoms with E-state index < -0.39 is 42.9 Å². The van der Waals surface area contributed by atoms with Gasteiger partial charge in [-0.1, -0.05) is 12.1 Å². The second kappa shape index (κ2) is 14.7. The van der Waals surface area contributed by atoms with Crippen molar-refractivity contribution in [2.45, 2.75) is 4.90 Å². The van der Waals surface area contributed by atoms with Gasteiger partial charge in [0.15, 0.2) is 0 Å². The van der Waals surface area contributed by atoms with Crippen LogP contribution in [0.15, 0.2) is 81.9 Å². The van der Waals surface area contributed by atoms with Crippen LogP contribution in [0.1, 0.15) is 26.3 Å². The molecule has 4 rings (SSSR count). The van der Waals surface area contributed by atoms with Crippen molar-refractivity contribution in [1.82, 2.24) is 0 Å². The molecule has 0 atom stereocenters. The van der Waals surface area contributed by atoms with Gasteiger partial charge in [-0.05, 0) is 53.6 Å². The fourth-order valence-electron chi connectivity index (χ4n) is 3.66. The quantitative estimate of drug-likeness (QED) is 0.0829. The number of aromatic hydroxyl groups is 1. The van der Waals surface area contributed by atoms with Crippen LogP contribution in [0.4, 0.5) is 22.7 Å². The Bertz CT molecular complexity index is 1890. The number of hydrogen-bond acceptors (Lipinski definition) is 12. The van der Waals surface area contributed by atoms with Crippen molar-refractivity contribution >= 4 is 55.5 Å². The number of carboxylic acid groups (broad SMARTS) is 2. The number of nitriles is 1. The Balaban J connectivity index is 0.00000308. The Hall–Kier alpha value is -2.61. The average molecular weight is 638 g/mol. The van der Waals surface area contributed by atoms with Crippen LogP contribution in [0, 0.1) is 21.4 Å². The number of anilines is 1. The number of carbonyl (C=O) groups is 2. The van der Waals surface area contributed by atoms with Crippen LogP contribution in [0.3, 0.4) is 0 Å². The van der Waals surface area contributed by atoms with E-state index in [1.54, 1.807) is 6.07 Å². The minimum atomic E-state index is -4.63. The third-order valence-electron chi connectivity index (χ3n) is 5.51. The molecule has 0 fully saturated rings. The van der Waals surface area contributed by atoms with Gasteiger partial charge in [-0.25, -0.2) is 8.42 Å². The predicted octanol–water partition coefficient (Wildman–Crippen LogP) is -3.72. The first-order chi connectivity index (χ1) is 18.9. The molecule has 4 aromatic rings. The van der Waals surface area contributed by atoms with Gasteiger partial charge in [0.05, 0.1) is 38.7 Å². The summed E-state index contributed by atoms with van der Waals surface area (Å²) in [6.07, 6.45) is 0. The molecule has 0 aliphatic rings. The Kier molecular flexibility index (Phi) is 12.5. The second-order valence-corrected chi connectivity index (χ2v) is 9.71. The maximum atomic E-state index is 13.2. The molecule has 0 aromatic heterocycles. The van der Waals surface area contributed by atoms with Gasteiger partial charge in [-0.15, -0.1) is 10.2 Å². The molecule has 0 bridgehead atoms. The molecular formula is C25H13K2N5O9S. The van der Waals surface area contributed by atoms with E-state index in [2.05, 4.69) is 15.0 Å². The number of sulfonamides is 1. The number of nitro groups is 1. The van der Waals surface area contributed by atoms with Crippen molar-refractivity contribution in [3.8, 4) is 11.8 Å². The van der Waals surface area contributed by atoms with Crippen molar-refractivity contribution in [3.05, 3.63) is 93.5 Å². The fourth-order valence-corrected chi connectivity index (χ4v) is 4.80.